The van der Waals surface area contributed by atoms with Crippen LogP contribution in [0.2, 0.25) is 0 Å². The second kappa shape index (κ2) is 4.72. The fourth-order valence-electron chi connectivity index (χ4n) is 2.02. The van der Waals surface area contributed by atoms with E-state index in [9.17, 15) is 4.79 Å². The Morgan fingerprint density at radius 1 is 1.41 bits per heavy atom. The van der Waals surface area contributed by atoms with Gasteiger partial charge >= 0.3 is 0 Å². The highest BCUT2D eigenvalue weighted by molar-refractivity contribution is 5.61. The lowest BCUT2D eigenvalue weighted by atomic mass is 10.3. The maximum absolute atomic E-state index is 11.4. The molecule has 7 heteroatoms. The van der Waals surface area contributed by atoms with Crippen molar-refractivity contribution in [2.45, 2.75) is 12.2 Å². The van der Waals surface area contributed by atoms with Gasteiger partial charge in [-0.25, -0.2) is 4.98 Å². The summed E-state index contributed by atoms with van der Waals surface area (Å²) in [5.41, 5.74) is 5.50. The number of H-pyrrole nitrogens is 1. The molecule has 2 rings (SSSR count). The Balaban J connectivity index is 2.25. The van der Waals surface area contributed by atoms with Crippen LogP contribution in [0.5, 0.6) is 0 Å². The Labute approximate surface area is 98.5 Å². The molecule has 0 spiro atoms. The van der Waals surface area contributed by atoms with Crippen LogP contribution in [-0.2, 0) is 9.47 Å². The summed E-state index contributed by atoms with van der Waals surface area (Å²) in [6, 6.07) is 0. The summed E-state index contributed by atoms with van der Waals surface area (Å²) in [4.78, 5) is 19.8. The third kappa shape index (κ3) is 2.11. The second-order valence-corrected chi connectivity index (χ2v) is 3.92. The number of nitrogens with two attached hydrogens (primary N) is 1. The number of nitrogens with zero attached hydrogens (tertiary/aromatic N) is 2. The lowest BCUT2D eigenvalue weighted by molar-refractivity contribution is -0.00461. The highest BCUT2D eigenvalue weighted by Crippen LogP contribution is 2.23. The van der Waals surface area contributed by atoms with Crippen LogP contribution in [-0.4, -0.2) is 49.5 Å². The Morgan fingerprint density at radius 2 is 2.00 bits per heavy atom. The number of hydrogen-bond acceptors (Lipinski definition) is 6. The number of methoxy groups -OCH3 is 2. The lowest BCUT2D eigenvalue weighted by Gasteiger charge is -2.17. The van der Waals surface area contributed by atoms with Crippen molar-refractivity contribution in [3.63, 3.8) is 0 Å². The number of nitrogens with one attached hydrogen (secondary N) is 1. The highest BCUT2D eigenvalue weighted by atomic mass is 16.5. The molecular weight excluding hydrogens is 224 g/mol. The van der Waals surface area contributed by atoms with Gasteiger partial charge in [0.2, 0.25) is 0 Å². The van der Waals surface area contributed by atoms with Gasteiger partial charge in [-0.2, -0.15) is 0 Å². The van der Waals surface area contributed by atoms with E-state index in [1.165, 1.54) is 6.33 Å². The molecule has 0 aromatic carbocycles. The number of aromatic amines is 1. The number of aromatic nitrogens is 2. The van der Waals surface area contributed by atoms with Gasteiger partial charge in [0, 0.05) is 27.3 Å². The molecule has 0 radical (unpaired) electrons. The summed E-state index contributed by atoms with van der Waals surface area (Å²) in [5, 5.41) is 0. The summed E-state index contributed by atoms with van der Waals surface area (Å²) >= 11 is 0. The van der Waals surface area contributed by atoms with E-state index in [4.69, 9.17) is 15.2 Å². The van der Waals surface area contributed by atoms with Crippen LogP contribution in [0.25, 0.3) is 0 Å². The smallest absolute Gasteiger partial charge is 0.276 e. The molecular formula is C10H16N4O3. The predicted molar refractivity (Wildman–Crippen MR) is 63.1 cm³/mol. The predicted octanol–water partition coefficient (Wildman–Crippen LogP) is -0.798. The van der Waals surface area contributed by atoms with Crippen molar-refractivity contribution >= 4 is 11.5 Å². The molecule has 0 saturated carbocycles. The van der Waals surface area contributed by atoms with Gasteiger partial charge < -0.3 is 25.1 Å². The van der Waals surface area contributed by atoms with Gasteiger partial charge in [0.1, 0.15) is 17.9 Å². The third-order valence-corrected chi connectivity index (χ3v) is 2.99. The summed E-state index contributed by atoms with van der Waals surface area (Å²) in [6.45, 7) is 1.21. The quantitative estimate of drug-likeness (QED) is 0.718. The lowest BCUT2D eigenvalue weighted by Crippen LogP contribution is -2.27. The van der Waals surface area contributed by atoms with Crippen LogP contribution in [0.4, 0.5) is 11.5 Å². The van der Waals surface area contributed by atoms with E-state index in [-0.39, 0.29) is 23.5 Å². The van der Waals surface area contributed by atoms with Gasteiger partial charge in [-0.1, -0.05) is 0 Å². The van der Waals surface area contributed by atoms with Gasteiger partial charge in [0.25, 0.3) is 5.56 Å². The second-order valence-electron chi connectivity index (χ2n) is 3.92. The minimum atomic E-state index is -0.329. The van der Waals surface area contributed by atoms with Crippen LogP contribution >= 0.6 is 0 Å². The van der Waals surface area contributed by atoms with Gasteiger partial charge in [-0.3, -0.25) is 4.79 Å². The Bertz CT molecular complexity index is 435. The average Bonchev–Trinajstić information content (AvgIpc) is 2.75. The molecule has 3 N–H and O–H groups in total. The first kappa shape index (κ1) is 11.9. The maximum Gasteiger partial charge on any atom is 0.276 e. The molecule has 0 aliphatic carbocycles. The molecule has 0 amide bonds. The first-order valence-electron chi connectivity index (χ1n) is 5.31. The van der Waals surface area contributed by atoms with Crippen molar-refractivity contribution in [1.82, 2.24) is 9.97 Å². The molecule has 1 saturated heterocycles. The van der Waals surface area contributed by atoms with E-state index in [0.717, 1.165) is 0 Å². The fourth-order valence-corrected chi connectivity index (χ4v) is 2.02. The van der Waals surface area contributed by atoms with Crippen LogP contribution in [0.1, 0.15) is 0 Å². The molecule has 2 atom stereocenters. The molecule has 17 heavy (non-hydrogen) atoms. The van der Waals surface area contributed by atoms with Gasteiger partial charge in [0.15, 0.2) is 5.82 Å². The number of rotatable bonds is 3. The molecule has 94 valence electrons. The average molecular weight is 240 g/mol. The zero-order valence-electron chi connectivity index (χ0n) is 9.84. The topological polar surface area (TPSA) is 93.5 Å². The SMILES string of the molecule is COC1CN(c2nc[nH]c(=O)c2N)CC1OC. The summed E-state index contributed by atoms with van der Waals surface area (Å²) in [5.74, 6) is 0.482. The van der Waals surface area contributed by atoms with Gasteiger partial charge in [-0.15, -0.1) is 0 Å². The Morgan fingerprint density at radius 3 is 2.53 bits per heavy atom. The number of nitrogen functional groups attached to an aromatic ring is 1. The molecule has 2 heterocycles. The van der Waals surface area contributed by atoms with E-state index < -0.39 is 0 Å². The summed E-state index contributed by atoms with van der Waals surface area (Å²) < 4.78 is 10.6. The molecule has 1 aromatic heterocycles. The zero-order valence-corrected chi connectivity index (χ0v) is 9.84. The monoisotopic (exact) mass is 240 g/mol. The fraction of sp³-hybridized carbons (Fsp3) is 0.600. The van der Waals surface area contributed by atoms with E-state index in [2.05, 4.69) is 9.97 Å². The standard InChI is InChI=1S/C10H16N4O3/c1-16-6-3-14(4-7(6)17-2)9-8(11)10(15)13-5-12-9/h5-7H,3-4,11H2,1-2H3,(H,12,13,15). The Kier molecular flexibility index (Phi) is 3.30. The molecule has 1 fully saturated rings. The van der Waals surface area contributed by atoms with E-state index in [0.29, 0.717) is 18.9 Å². The van der Waals surface area contributed by atoms with E-state index in [1.807, 2.05) is 4.90 Å². The van der Waals surface area contributed by atoms with Crippen molar-refractivity contribution in [3.8, 4) is 0 Å². The van der Waals surface area contributed by atoms with E-state index >= 15 is 0 Å². The summed E-state index contributed by atoms with van der Waals surface area (Å²) in [6.07, 6.45) is 1.26. The normalized spacial score (nSPS) is 24.2. The molecule has 1 aromatic rings. The first-order chi connectivity index (χ1) is 8.17. The van der Waals surface area contributed by atoms with Crippen LogP contribution < -0.4 is 16.2 Å². The van der Waals surface area contributed by atoms with Crippen LogP contribution in [0.15, 0.2) is 11.1 Å². The van der Waals surface area contributed by atoms with Crippen molar-refractivity contribution in [3.05, 3.63) is 16.7 Å². The van der Waals surface area contributed by atoms with Crippen molar-refractivity contribution < 1.29 is 9.47 Å². The number of hydrogen-bond donors (Lipinski definition) is 2. The van der Waals surface area contributed by atoms with Crippen molar-refractivity contribution in [1.29, 1.82) is 0 Å². The summed E-state index contributed by atoms with van der Waals surface area (Å²) in [7, 11) is 3.27. The van der Waals surface area contributed by atoms with Crippen molar-refractivity contribution in [2.24, 2.45) is 0 Å². The highest BCUT2D eigenvalue weighted by Gasteiger charge is 2.34. The van der Waals surface area contributed by atoms with Gasteiger partial charge in [0.05, 0.1) is 6.33 Å². The molecule has 1 aliphatic rings. The minimum absolute atomic E-state index is 0.0412. The minimum Gasteiger partial charge on any atom is -0.391 e. The molecule has 1 aliphatic heterocycles. The molecule has 2 unspecified atom stereocenters. The zero-order chi connectivity index (χ0) is 12.4. The molecule has 0 bridgehead atoms. The van der Waals surface area contributed by atoms with Gasteiger partial charge in [-0.05, 0) is 0 Å². The Hall–Kier alpha value is -1.60. The first-order valence-corrected chi connectivity index (χ1v) is 5.31. The van der Waals surface area contributed by atoms with Crippen LogP contribution in [0, 0.1) is 0 Å². The third-order valence-electron chi connectivity index (χ3n) is 2.99. The van der Waals surface area contributed by atoms with Crippen LogP contribution in [0.3, 0.4) is 0 Å². The largest absolute Gasteiger partial charge is 0.391 e. The van der Waals surface area contributed by atoms with E-state index in [1.54, 1.807) is 14.2 Å². The molecule has 7 nitrogen and oxygen atoms in total. The number of ether oxygens (including phenoxy) is 2. The van der Waals surface area contributed by atoms with Crippen molar-refractivity contribution in [2.75, 3.05) is 37.9 Å². The maximum atomic E-state index is 11.4. The number of anilines is 2.